The largest absolute Gasteiger partial charge is 0.478 e. The number of hydrogen-bond acceptors (Lipinski definition) is 3. The molecule has 0 aliphatic heterocycles. The number of benzene rings is 2. The molecular weight excluding hydrogens is 350 g/mol. The maximum Gasteiger partial charge on any atom is 0.336 e. The first-order valence-corrected chi connectivity index (χ1v) is 7.98. The van der Waals surface area contributed by atoms with E-state index in [4.69, 9.17) is 0 Å². The predicted molar refractivity (Wildman–Crippen MR) is 89.2 cm³/mol. The molecule has 0 bridgehead atoms. The van der Waals surface area contributed by atoms with Gasteiger partial charge in [-0.15, -0.1) is 11.3 Å². The molecule has 0 aliphatic carbocycles. The van der Waals surface area contributed by atoms with Crippen molar-refractivity contribution >= 4 is 43.5 Å². The van der Waals surface area contributed by atoms with Gasteiger partial charge in [-0.1, -0.05) is 28.1 Å². The van der Waals surface area contributed by atoms with Gasteiger partial charge in [-0.05, 0) is 43.2 Å². The maximum atomic E-state index is 11.6. The molecule has 21 heavy (non-hydrogen) atoms. The van der Waals surface area contributed by atoms with Gasteiger partial charge in [0.25, 0.3) is 0 Å². The van der Waals surface area contributed by atoms with Crippen LogP contribution in [-0.4, -0.2) is 16.1 Å². The molecule has 5 heteroatoms. The maximum absolute atomic E-state index is 11.6. The number of carboxylic acid groups (broad SMARTS) is 1. The van der Waals surface area contributed by atoms with Crippen molar-refractivity contribution in [1.82, 2.24) is 4.98 Å². The topological polar surface area (TPSA) is 50.2 Å². The summed E-state index contributed by atoms with van der Waals surface area (Å²) in [5, 5.41) is 10.3. The van der Waals surface area contributed by atoms with Gasteiger partial charge in [-0.2, -0.15) is 0 Å². The number of fused-ring (bicyclic) bond motifs is 1. The van der Waals surface area contributed by atoms with Crippen molar-refractivity contribution in [3.63, 3.8) is 0 Å². The molecule has 3 rings (SSSR count). The fourth-order valence-electron chi connectivity index (χ4n) is 2.37. The highest BCUT2D eigenvalue weighted by Gasteiger charge is 2.19. The fraction of sp³-hybridized carbons (Fsp3) is 0.125. The highest BCUT2D eigenvalue weighted by Crippen LogP contribution is 2.36. The van der Waals surface area contributed by atoms with E-state index in [-0.39, 0.29) is 0 Å². The van der Waals surface area contributed by atoms with Gasteiger partial charge >= 0.3 is 5.97 Å². The summed E-state index contributed by atoms with van der Waals surface area (Å²) in [6, 6.07) is 9.66. The Kier molecular flexibility index (Phi) is 3.55. The van der Waals surface area contributed by atoms with Crippen LogP contribution in [0.5, 0.6) is 0 Å². The summed E-state index contributed by atoms with van der Waals surface area (Å²) in [5.74, 6) is -0.911. The molecule has 1 heterocycles. The van der Waals surface area contributed by atoms with Crippen molar-refractivity contribution in [2.45, 2.75) is 13.8 Å². The Hall–Kier alpha value is -1.72. The molecule has 3 nitrogen and oxygen atoms in total. The molecule has 0 radical (unpaired) electrons. The Morgan fingerprint density at radius 1 is 1.19 bits per heavy atom. The average Bonchev–Trinajstić information content (AvgIpc) is 2.83. The molecule has 1 N–H and O–H groups in total. The Bertz CT molecular complexity index is 870. The number of thiazole rings is 1. The monoisotopic (exact) mass is 361 g/mol. The van der Waals surface area contributed by atoms with Crippen molar-refractivity contribution in [2.24, 2.45) is 0 Å². The van der Waals surface area contributed by atoms with Crippen molar-refractivity contribution < 1.29 is 9.90 Å². The predicted octanol–water partition coefficient (Wildman–Crippen LogP) is 5.04. The van der Waals surface area contributed by atoms with Crippen LogP contribution in [0.2, 0.25) is 0 Å². The van der Waals surface area contributed by atoms with E-state index in [1.165, 1.54) is 11.3 Å². The lowest BCUT2D eigenvalue weighted by Gasteiger charge is -2.09. The first-order chi connectivity index (χ1) is 9.97. The number of rotatable bonds is 2. The van der Waals surface area contributed by atoms with Crippen LogP contribution in [0, 0.1) is 13.8 Å². The minimum Gasteiger partial charge on any atom is -0.478 e. The zero-order valence-corrected chi connectivity index (χ0v) is 13.9. The van der Waals surface area contributed by atoms with Crippen LogP contribution >= 0.6 is 27.3 Å². The van der Waals surface area contributed by atoms with Gasteiger partial charge in [0.2, 0.25) is 0 Å². The van der Waals surface area contributed by atoms with Crippen LogP contribution in [0.4, 0.5) is 0 Å². The van der Waals surface area contributed by atoms with E-state index in [0.717, 1.165) is 36.4 Å². The van der Waals surface area contributed by atoms with Gasteiger partial charge in [0, 0.05) is 10.0 Å². The van der Waals surface area contributed by atoms with Gasteiger partial charge in [0.15, 0.2) is 0 Å². The van der Waals surface area contributed by atoms with E-state index < -0.39 is 5.97 Å². The smallest absolute Gasteiger partial charge is 0.336 e. The third kappa shape index (κ3) is 2.47. The second kappa shape index (κ2) is 5.24. The number of aryl methyl sites for hydroxylation is 2. The van der Waals surface area contributed by atoms with Crippen molar-refractivity contribution in [3.05, 3.63) is 51.5 Å². The summed E-state index contributed by atoms with van der Waals surface area (Å²) in [5.41, 5.74) is 3.63. The Morgan fingerprint density at radius 2 is 1.90 bits per heavy atom. The number of carbonyl (C=O) groups is 1. The van der Waals surface area contributed by atoms with Crippen LogP contribution in [0.3, 0.4) is 0 Å². The van der Waals surface area contributed by atoms with Crippen molar-refractivity contribution in [3.8, 4) is 10.6 Å². The molecule has 0 saturated carbocycles. The average molecular weight is 362 g/mol. The van der Waals surface area contributed by atoms with Crippen LogP contribution in [-0.2, 0) is 0 Å². The molecule has 0 aliphatic rings. The molecule has 0 saturated heterocycles. The number of aromatic nitrogens is 1. The standard InChI is InChI=1S/C16H12BrNO2S/c1-8-3-4-9(2)14(16(19)20)13(8)15-18-11-6-5-10(17)7-12(11)21-15/h3-7H,1-2H3,(H,19,20). The number of aromatic carboxylic acids is 1. The molecule has 0 atom stereocenters. The minimum atomic E-state index is -0.911. The van der Waals surface area contributed by atoms with E-state index in [2.05, 4.69) is 20.9 Å². The zero-order valence-electron chi connectivity index (χ0n) is 11.5. The molecule has 0 fully saturated rings. The Morgan fingerprint density at radius 3 is 2.62 bits per heavy atom. The van der Waals surface area contributed by atoms with E-state index in [1.54, 1.807) is 0 Å². The van der Waals surface area contributed by atoms with Crippen LogP contribution in [0.15, 0.2) is 34.8 Å². The third-order valence-corrected chi connectivity index (χ3v) is 4.93. The summed E-state index contributed by atoms with van der Waals surface area (Å²) in [7, 11) is 0. The van der Waals surface area contributed by atoms with E-state index >= 15 is 0 Å². The third-order valence-electron chi connectivity index (χ3n) is 3.40. The van der Waals surface area contributed by atoms with Gasteiger partial charge in [0.05, 0.1) is 15.8 Å². The second-order valence-corrected chi connectivity index (χ2v) is 6.83. The summed E-state index contributed by atoms with van der Waals surface area (Å²) in [6.07, 6.45) is 0. The molecule has 0 spiro atoms. The molecule has 0 unspecified atom stereocenters. The summed E-state index contributed by atoms with van der Waals surface area (Å²) in [6.45, 7) is 3.74. The number of hydrogen-bond donors (Lipinski definition) is 1. The number of carboxylic acids is 1. The molecule has 106 valence electrons. The van der Waals surface area contributed by atoms with Crippen molar-refractivity contribution in [2.75, 3.05) is 0 Å². The lowest BCUT2D eigenvalue weighted by atomic mass is 9.98. The van der Waals surface area contributed by atoms with E-state index in [0.29, 0.717) is 5.56 Å². The van der Waals surface area contributed by atoms with Gasteiger partial charge in [-0.25, -0.2) is 9.78 Å². The minimum absolute atomic E-state index is 0.341. The Labute approximate surface area is 134 Å². The normalized spacial score (nSPS) is 11.0. The molecule has 0 amide bonds. The van der Waals surface area contributed by atoms with E-state index in [9.17, 15) is 9.90 Å². The summed E-state index contributed by atoms with van der Waals surface area (Å²) in [4.78, 5) is 16.2. The zero-order chi connectivity index (χ0) is 15.1. The second-order valence-electron chi connectivity index (χ2n) is 4.89. The van der Waals surface area contributed by atoms with Crippen LogP contribution in [0.1, 0.15) is 21.5 Å². The van der Waals surface area contributed by atoms with E-state index in [1.807, 2.05) is 44.2 Å². The van der Waals surface area contributed by atoms with Crippen LogP contribution < -0.4 is 0 Å². The highest BCUT2D eigenvalue weighted by molar-refractivity contribution is 9.10. The molecule has 2 aromatic carbocycles. The van der Waals surface area contributed by atoms with Gasteiger partial charge in [0.1, 0.15) is 5.01 Å². The molecule has 1 aromatic heterocycles. The number of nitrogens with zero attached hydrogens (tertiary/aromatic N) is 1. The first-order valence-electron chi connectivity index (χ1n) is 6.37. The van der Waals surface area contributed by atoms with Crippen molar-refractivity contribution in [1.29, 1.82) is 0 Å². The quantitative estimate of drug-likeness (QED) is 0.695. The first kappa shape index (κ1) is 14.2. The summed E-state index contributed by atoms with van der Waals surface area (Å²) >= 11 is 4.96. The Balaban J connectivity index is 2.32. The van der Waals surface area contributed by atoms with Gasteiger partial charge in [-0.3, -0.25) is 0 Å². The molecule has 3 aromatic rings. The highest BCUT2D eigenvalue weighted by atomic mass is 79.9. The summed E-state index contributed by atoms with van der Waals surface area (Å²) < 4.78 is 2.03. The SMILES string of the molecule is Cc1ccc(C)c(-c2nc3ccc(Br)cc3s2)c1C(=O)O. The molecular formula is C16H12BrNO2S. The fourth-order valence-corrected chi connectivity index (χ4v) is 4.00. The van der Waals surface area contributed by atoms with Gasteiger partial charge < -0.3 is 5.11 Å². The lowest BCUT2D eigenvalue weighted by Crippen LogP contribution is -2.04. The van der Waals surface area contributed by atoms with Crippen LogP contribution in [0.25, 0.3) is 20.8 Å². The lowest BCUT2D eigenvalue weighted by molar-refractivity contribution is 0.0697. The number of halogens is 1.